The summed E-state index contributed by atoms with van der Waals surface area (Å²) < 4.78 is 50.2. The highest BCUT2D eigenvalue weighted by molar-refractivity contribution is 7.92. The highest BCUT2D eigenvalue weighted by Gasteiger charge is 2.38. The molecular formula is C15H20N2O5S2. The van der Waals surface area contributed by atoms with Crippen LogP contribution in [-0.2, 0) is 19.9 Å². The topological polar surface area (TPSA) is 101 Å². The molecule has 1 N–H and O–H groups in total. The molecule has 2 rings (SSSR count). The molecule has 0 spiro atoms. The molecule has 0 radical (unpaired) electrons. The lowest BCUT2D eigenvalue weighted by Crippen LogP contribution is -2.41. The maximum absolute atomic E-state index is 12.9. The molecule has 1 heterocycles. The lowest BCUT2D eigenvalue weighted by molar-refractivity contribution is 0.0963. The standard InChI is InChI=1S/C15H20N2O5S2/c1-3-9-17(13-8-10-23(19,20)11-13)24(21,22)14-6-4-12(5-7-14)15(18)16-2/h3-7,13H,1,8-11H2,2H3,(H,16,18)/t13-/m0/s1. The molecule has 0 unspecified atom stereocenters. The Morgan fingerprint density at radius 1 is 1.38 bits per heavy atom. The second-order valence-corrected chi connectivity index (χ2v) is 9.64. The summed E-state index contributed by atoms with van der Waals surface area (Å²) in [6.45, 7) is 3.58. The first-order chi connectivity index (χ1) is 11.2. The van der Waals surface area contributed by atoms with E-state index in [-0.39, 0.29) is 35.3 Å². The lowest BCUT2D eigenvalue weighted by atomic mass is 10.2. The van der Waals surface area contributed by atoms with Crippen molar-refractivity contribution < 1.29 is 21.6 Å². The Labute approximate surface area is 142 Å². The van der Waals surface area contributed by atoms with E-state index in [1.165, 1.54) is 41.7 Å². The molecular weight excluding hydrogens is 352 g/mol. The van der Waals surface area contributed by atoms with Gasteiger partial charge in [0.2, 0.25) is 10.0 Å². The predicted molar refractivity (Wildman–Crippen MR) is 91.0 cm³/mol. The Bertz CT molecular complexity index is 829. The van der Waals surface area contributed by atoms with Crippen molar-refractivity contribution in [1.82, 2.24) is 9.62 Å². The minimum atomic E-state index is -3.88. The molecule has 7 nitrogen and oxygen atoms in total. The van der Waals surface area contributed by atoms with Crippen LogP contribution in [0.25, 0.3) is 0 Å². The van der Waals surface area contributed by atoms with Crippen LogP contribution in [0.3, 0.4) is 0 Å². The van der Waals surface area contributed by atoms with Gasteiger partial charge in [0.15, 0.2) is 9.84 Å². The fourth-order valence-corrected chi connectivity index (χ4v) is 6.08. The summed E-state index contributed by atoms with van der Waals surface area (Å²) in [5.41, 5.74) is 0.343. The van der Waals surface area contributed by atoms with E-state index in [1.54, 1.807) is 0 Å². The van der Waals surface area contributed by atoms with Crippen LogP contribution in [0.4, 0.5) is 0 Å². The predicted octanol–water partition coefficient (Wildman–Crippen LogP) is 0.410. The maximum atomic E-state index is 12.9. The largest absolute Gasteiger partial charge is 0.355 e. The second kappa shape index (κ2) is 7.04. The molecule has 9 heteroatoms. The molecule has 1 aliphatic rings. The molecule has 132 valence electrons. The number of rotatable bonds is 6. The molecule has 1 atom stereocenters. The van der Waals surface area contributed by atoms with Gasteiger partial charge < -0.3 is 5.32 Å². The van der Waals surface area contributed by atoms with Crippen LogP contribution in [0.1, 0.15) is 16.8 Å². The molecule has 1 aliphatic heterocycles. The summed E-state index contributed by atoms with van der Waals surface area (Å²) in [6.07, 6.45) is 1.70. The Hall–Kier alpha value is -1.71. The second-order valence-electron chi connectivity index (χ2n) is 5.52. The van der Waals surface area contributed by atoms with E-state index in [0.29, 0.717) is 5.56 Å². The Balaban J connectivity index is 2.34. The molecule has 0 bridgehead atoms. The van der Waals surface area contributed by atoms with Crippen molar-refractivity contribution in [3.8, 4) is 0 Å². The third kappa shape index (κ3) is 3.85. The molecule has 0 saturated carbocycles. The first kappa shape index (κ1) is 18.6. The quantitative estimate of drug-likeness (QED) is 0.729. The number of nitrogens with one attached hydrogen (secondary N) is 1. The number of carbonyl (C=O) groups excluding carboxylic acids is 1. The summed E-state index contributed by atoms with van der Waals surface area (Å²) in [4.78, 5) is 11.6. The normalized spacial score (nSPS) is 20.0. The number of sulfone groups is 1. The number of benzene rings is 1. The number of nitrogens with zero attached hydrogens (tertiary/aromatic N) is 1. The van der Waals surface area contributed by atoms with Gasteiger partial charge in [-0.2, -0.15) is 4.31 Å². The van der Waals surface area contributed by atoms with Crippen molar-refractivity contribution in [1.29, 1.82) is 0 Å². The van der Waals surface area contributed by atoms with Crippen LogP contribution in [0, 0.1) is 0 Å². The Kier molecular flexibility index (Phi) is 5.46. The minimum Gasteiger partial charge on any atom is -0.355 e. The van der Waals surface area contributed by atoms with Gasteiger partial charge in [0.05, 0.1) is 16.4 Å². The molecule has 1 aromatic carbocycles. The van der Waals surface area contributed by atoms with Crippen LogP contribution in [0.5, 0.6) is 0 Å². The third-order valence-corrected chi connectivity index (χ3v) is 7.56. The SMILES string of the molecule is C=CCN([C@H]1CCS(=O)(=O)C1)S(=O)(=O)c1ccc(C(=O)NC)cc1. The summed E-state index contributed by atoms with van der Waals surface area (Å²) >= 11 is 0. The van der Waals surface area contributed by atoms with Gasteiger partial charge in [0, 0.05) is 25.2 Å². The van der Waals surface area contributed by atoms with Gasteiger partial charge in [-0.25, -0.2) is 16.8 Å². The van der Waals surface area contributed by atoms with E-state index in [9.17, 15) is 21.6 Å². The molecule has 1 amide bonds. The zero-order chi connectivity index (χ0) is 18.0. The van der Waals surface area contributed by atoms with E-state index in [2.05, 4.69) is 11.9 Å². The van der Waals surface area contributed by atoms with E-state index in [1.807, 2.05) is 0 Å². The average molecular weight is 372 g/mol. The van der Waals surface area contributed by atoms with Crippen molar-refractivity contribution in [2.45, 2.75) is 17.4 Å². The van der Waals surface area contributed by atoms with E-state index < -0.39 is 25.9 Å². The first-order valence-corrected chi connectivity index (χ1v) is 10.6. The van der Waals surface area contributed by atoms with E-state index in [0.717, 1.165) is 0 Å². The smallest absolute Gasteiger partial charge is 0.251 e. The summed E-state index contributed by atoms with van der Waals surface area (Å²) in [6, 6.07) is 4.93. The van der Waals surface area contributed by atoms with Gasteiger partial charge >= 0.3 is 0 Å². The van der Waals surface area contributed by atoms with Gasteiger partial charge in [-0.05, 0) is 30.7 Å². The third-order valence-electron chi connectivity index (χ3n) is 3.87. The van der Waals surface area contributed by atoms with Crippen LogP contribution >= 0.6 is 0 Å². The van der Waals surface area contributed by atoms with Crippen LogP contribution < -0.4 is 5.32 Å². The fraction of sp³-hybridized carbons (Fsp3) is 0.400. The molecule has 0 aliphatic carbocycles. The maximum Gasteiger partial charge on any atom is 0.251 e. The van der Waals surface area contributed by atoms with Crippen molar-refractivity contribution >= 4 is 25.8 Å². The van der Waals surface area contributed by atoms with Gasteiger partial charge in [0.25, 0.3) is 5.91 Å². The Morgan fingerprint density at radius 2 is 2.00 bits per heavy atom. The first-order valence-electron chi connectivity index (χ1n) is 7.36. The molecule has 1 fully saturated rings. The zero-order valence-corrected chi connectivity index (χ0v) is 14.9. The average Bonchev–Trinajstić information content (AvgIpc) is 2.91. The number of amides is 1. The van der Waals surface area contributed by atoms with E-state index in [4.69, 9.17) is 0 Å². The van der Waals surface area contributed by atoms with Crippen LogP contribution in [0.15, 0.2) is 41.8 Å². The lowest BCUT2D eigenvalue weighted by Gasteiger charge is -2.26. The van der Waals surface area contributed by atoms with Gasteiger partial charge in [-0.1, -0.05) is 6.08 Å². The minimum absolute atomic E-state index is 0.0151. The van der Waals surface area contributed by atoms with Gasteiger partial charge in [-0.3, -0.25) is 4.79 Å². The van der Waals surface area contributed by atoms with Crippen LogP contribution in [0.2, 0.25) is 0 Å². The van der Waals surface area contributed by atoms with E-state index >= 15 is 0 Å². The van der Waals surface area contributed by atoms with Crippen molar-refractivity contribution in [3.05, 3.63) is 42.5 Å². The zero-order valence-electron chi connectivity index (χ0n) is 13.3. The highest BCUT2D eigenvalue weighted by Crippen LogP contribution is 2.25. The summed E-state index contributed by atoms with van der Waals surface area (Å²) in [7, 11) is -5.61. The van der Waals surface area contributed by atoms with Gasteiger partial charge in [0.1, 0.15) is 0 Å². The number of hydrogen-bond acceptors (Lipinski definition) is 5. The van der Waals surface area contributed by atoms with Crippen LogP contribution in [-0.4, -0.2) is 58.2 Å². The molecule has 24 heavy (non-hydrogen) atoms. The van der Waals surface area contributed by atoms with Gasteiger partial charge in [-0.15, -0.1) is 6.58 Å². The number of carbonyl (C=O) groups is 1. The fourth-order valence-electron chi connectivity index (χ4n) is 2.63. The van der Waals surface area contributed by atoms with Crippen molar-refractivity contribution in [3.63, 3.8) is 0 Å². The van der Waals surface area contributed by atoms with Crippen molar-refractivity contribution in [2.75, 3.05) is 25.1 Å². The molecule has 1 saturated heterocycles. The molecule has 1 aromatic rings. The monoisotopic (exact) mass is 372 g/mol. The van der Waals surface area contributed by atoms with Crippen molar-refractivity contribution in [2.24, 2.45) is 0 Å². The Morgan fingerprint density at radius 3 is 2.46 bits per heavy atom. The summed E-state index contributed by atoms with van der Waals surface area (Å²) in [5.74, 6) is -0.517. The summed E-state index contributed by atoms with van der Waals surface area (Å²) in [5, 5.41) is 2.46. The number of hydrogen-bond donors (Lipinski definition) is 1. The number of sulfonamides is 1. The molecule has 0 aromatic heterocycles. The highest BCUT2D eigenvalue weighted by atomic mass is 32.2.